The minimum atomic E-state index is -0.0216. The molecule has 1 aliphatic heterocycles. The number of ketones is 1. The molecule has 0 bridgehead atoms. The number of carbonyl (C=O) groups is 2. The first kappa shape index (κ1) is 20.5. The maximum atomic E-state index is 13.0. The molecule has 0 radical (unpaired) electrons. The zero-order valence-corrected chi connectivity index (χ0v) is 17.6. The summed E-state index contributed by atoms with van der Waals surface area (Å²) in [4.78, 5) is 32.5. The molecule has 0 atom stereocenters. The van der Waals surface area contributed by atoms with Gasteiger partial charge in [0.25, 0.3) is 5.91 Å². The zero-order valence-electron chi connectivity index (χ0n) is 17.6. The Morgan fingerprint density at radius 2 is 1.90 bits per heavy atom. The topological polar surface area (TPSA) is 74.9 Å². The molecule has 1 amide bonds. The van der Waals surface area contributed by atoms with E-state index in [0.29, 0.717) is 30.4 Å². The Morgan fingerprint density at radius 1 is 1.13 bits per heavy atom. The summed E-state index contributed by atoms with van der Waals surface area (Å²) in [5, 5.41) is 0. The Bertz CT molecular complexity index is 913. The van der Waals surface area contributed by atoms with E-state index in [9.17, 15) is 9.59 Å². The second kappa shape index (κ2) is 8.92. The Hall–Kier alpha value is -2.80. The maximum Gasteiger partial charge on any atom is 0.270 e. The number of nitrogens with zero attached hydrogens (tertiary/aromatic N) is 2. The molecule has 2 aromatic rings. The van der Waals surface area contributed by atoms with Gasteiger partial charge in [0.15, 0.2) is 5.78 Å². The van der Waals surface area contributed by atoms with Crippen LogP contribution in [0.4, 0.5) is 0 Å². The van der Waals surface area contributed by atoms with Gasteiger partial charge in [-0.25, -0.2) is 0 Å². The lowest BCUT2D eigenvalue weighted by molar-refractivity contribution is 0.0787. The van der Waals surface area contributed by atoms with E-state index in [1.807, 2.05) is 23.1 Å². The normalized spacial score (nSPS) is 16.2. The van der Waals surface area contributed by atoms with Gasteiger partial charge >= 0.3 is 0 Å². The third-order valence-corrected chi connectivity index (χ3v) is 5.90. The van der Waals surface area contributed by atoms with E-state index < -0.39 is 0 Å². The van der Waals surface area contributed by atoms with Crippen LogP contribution in [0.1, 0.15) is 52.1 Å². The number of Topliss-reactive ketones (excluding diaryl/α,β-unsaturated/α-hetero) is 1. The van der Waals surface area contributed by atoms with Crippen molar-refractivity contribution in [2.75, 3.05) is 33.9 Å². The predicted molar refractivity (Wildman–Crippen MR) is 113 cm³/mol. The van der Waals surface area contributed by atoms with Gasteiger partial charge in [-0.3, -0.25) is 14.5 Å². The highest BCUT2D eigenvalue weighted by Crippen LogP contribution is 2.32. The maximum absolute atomic E-state index is 13.0. The van der Waals surface area contributed by atoms with Gasteiger partial charge in [-0.05, 0) is 49.9 Å². The van der Waals surface area contributed by atoms with Gasteiger partial charge in [0, 0.05) is 43.0 Å². The van der Waals surface area contributed by atoms with Crippen LogP contribution in [0.3, 0.4) is 0 Å². The van der Waals surface area contributed by atoms with E-state index in [1.54, 1.807) is 26.5 Å². The highest BCUT2D eigenvalue weighted by molar-refractivity contribution is 6.01. The summed E-state index contributed by atoms with van der Waals surface area (Å²) < 4.78 is 10.8. The summed E-state index contributed by atoms with van der Waals surface area (Å²) in [5.74, 6) is 1.55. The van der Waals surface area contributed by atoms with Gasteiger partial charge in [0.1, 0.15) is 17.2 Å². The molecule has 2 heterocycles. The second-order valence-electron chi connectivity index (χ2n) is 8.04. The van der Waals surface area contributed by atoms with E-state index in [2.05, 4.69) is 9.88 Å². The molecule has 1 saturated heterocycles. The number of hydrogen-bond donors (Lipinski definition) is 1. The lowest BCUT2D eigenvalue weighted by atomic mass is 10.1. The van der Waals surface area contributed by atoms with Crippen molar-refractivity contribution in [1.82, 2.24) is 14.8 Å². The molecule has 160 valence electrons. The van der Waals surface area contributed by atoms with Crippen LogP contribution >= 0.6 is 0 Å². The van der Waals surface area contributed by atoms with Gasteiger partial charge in [-0.2, -0.15) is 0 Å². The highest BCUT2D eigenvalue weighted by atomic mass is 16.5. The molecule has 1 N–H and O–H groups in total. The van der Waals surface area contributed by atoms with Crippen molar-refractivity contribution in [3.8, 4) is 11.5 Å². The number of carbonyl (C=O) groups excluding carboxylic acids is 2. The number of rotatable bonds is 9. The van der Waals surface area contributed by atoms with Gasteiger partial charge < -0.3 is 19.4 Å². The molecule has 2 fully saturated rings. The summed E-state index contributed by atoms with van der Waals surface area (Å²) in [6, 6.07) is 7.81. The fraction of sp³-hybridized carbons (Fsp3) is 0.478. The van der Waals surface area contributed by atoms with Gasteiger partial charge in [0.2, 0.25) is 0 Å². The van der Waals surface area contributed by atoms with E-state index in [-0.39, 0.29) is 11.7 Å². The molecule has 1 saturated carbocycles. The van der Waals surface area contributed by atoms with Crippen LogP contribution in [0.5, 0.6) is 11.5 Å². The first-order valence-electron chi connectivity index (χ1n) is 10.5. The number of aromatic amines is 1. The van der Waals surface area contributed by atoms with Crippen molar-refractivity contribution in [2.45, 2.75) is 38.3 Å². The second-order valence-corrected chi connectivity index (χ2v) is 8.04. The number of hydrogen-bond acceptors (Lipinski definition) is 5. The summed E-state index contributed by atoms with van der Waals surface area (Å²) in [5.41, 5.74) is 2.05. The number of likely N-dealkylation sites (tertiary alicyclic amines) is 1. The van der Waals surface area contributed by atoms with Crippen molar-refractivity contribution >= 4 is 11.7 Å². The zero-order chi connectivity index (χ0) is 21.1. The number of aromatic nitrogens is 1. The summed E-state index contributed by atoms with van der Waals surface area (Å²) >= 11 is 0. The minimum Gasteiger partial charge on any atom is -0.497 e. The molecule has 7 nitrogen and oxygen atoms in total. The molecule has 2 aliphatic rings. The van der Waals surface area contributed by atoms with E-state index in [1.165, 1.54) is 0 Å². The summed E-state index contributed by atoms with van der Waals surface area (Å²) in [6.45, 7) is 2.50. The molecule has 7 heteroatoms. The van der Waals surface area contributed by atoms with Crippen LogP contribution in [0.25, 0.3) is 0 Å². The first-order chi connectivity index (χ1) is 14.6. The average Bonchev–Trinajstić information content (AvgIpc) is 3.25. The van der Waals surface area contributed by atoms with Crippen molar-refractivity contribution < 1.29 is 19.1 Å². The molecular weight excluding hydrogens is 382 g/mol. The predicted octanol–water partition coefficient (Wildman–Crippen LogP) is 3.12. The van der Waals surface area contributed by atoms with Crippen LogP contribution in [-0.2, 0) is 6.54 Å². The molecule has 30 heavy (non-hydrogen) atoms. The summed E-state index contributed by atoms with van der Waals surface area (Å²) in [7, 11) is 3.29. The van der Waals surface area contributed by atoms with E-state index in [4.69, 9.17) is 9.47 Å². The number of nitrogens with one attached hydrogen (secondary N) is 1. The molecule has 0 unspecified atom stereocenters. The lowest BCUT2D eigenvalue weighted by Crippen LogP contribution is -2.31. The molecule has 0 spiro atoms. The van der Waals surface area contributed by atoms with Crippen LogP contribution < -0.4 is 9.47 Å². The quantitative estimate of drug-likeness (QED) is 0.642. The summed E-state index contributed by atoms with van der Waals surface area (Å²) in [6.07, 6.45) is 5.92. The van der Waals surface area contributed by atoms with E-state index >= 15 is 0 Å². The Morgan fingerprint density at radius 3 is 2.57 bits per heavy atom. The molecule has 1 aromatic heterocycles. The van der Waals surface area contributed by atoms with Gasteiger partial charge in [0.05, 0.1) is 20.8 Å². The standard InChI is InChI=1S/C23H29N3O4/c1-29-19-7-8-22(30-2)17(11-19)14-26(18-5-6-18)15-21(27)16-12-20(24-13-16)23(28)25-9-3-4-10-25/h7-8,11-13,18,24H,3-6,9-10,14-15H2,1-2H3. The highest BCUT2D eigenvalue weighted by Gasteiger charge is 2.31. The minimum absolute atomic E-state index is 0.0143. The van der Waals surface area contributed by atoms with Crippen LogP contribution in [0.2, 0.25) is 0 Å². The number of amides is 1. The van der Waals surface area contributed by atoms with Crippen molar-refractivity contribution in [3.63, 3.8) is 0 Å². The smallest absolute Gasteiger partial charge is 0.270 e. The lowest BCUT2D eigenvalue weighted by Gasteiger charge is -2.22. The Balaban J connectivity index is 1.45. The third-order valence-electron chi connectivity index (χ3n) is 5.90. The fourth-order valence-corrected chi connectivity index (χ4v) is 4.02. The van der Waals surface area contributed by atoms with Crippen LogP contribution in [0.15, 0.2) is 30.5 Å². The van der Waals surface area contributed by atoms with Crippen molar-refractivity contribution in [3.05, 3.63) is 47.3 Å². The number of H-pyrrole nitrogens is 1. The van der Waals surface area contributed by atoms with E-state index in [0.717, 1.165) is 55.8 Å². The largest absolute Gasteiger partial charge is 0.497 e. The van der Waals surface area contributed by atoms with Crippen molar-refractivity contribution in [1.29, 1.82) is 0 Å². The Labute approximate surface area is 177 Å². The van der Waals surface area contributed by atoms with Gasteiger partial charge in [-0.1, -0.05) is 0 Å². The van der Waals surface area contributed by atoms with Crippen molar-refractivity contribution in [2.24, 2.45) is 0 Å². The monoisotopic (exact) mass is 411 g/mol. The molecule has 1 aliphatic carbocycles. The molecule has 1 aromatic carbocycles. The number of ether oxygens (including phenoxy) is 2. The van der Waals surface area contributed by atoms with Gasteiger partial charge in [-0.15, -0.1) is 0 Å². The molecule has 4 rings (SSSR count). The Kier molecular flexibility index (Phi) is 6.08. The fourth-order valence-electron chi connectivity index (χ4n) is 4.02. The number of benzene rings is 1. The molecular formula is C23H29N3O4. The van der Waals surface area contributed by atoms with Crippen LogP contribution in [-0.4, -0.2) is 66.4 Å². The SMILES string of the molecule is COc1ccc(OC)c(CN(CC(=O)c2c[nH]c(C(=O)N3CCCC3)c2)C2CC2)c1. The van der Waals surface area contributed by atoms with Crippen LogP contribution in [0, 0.1) is 0 Å². The first-order valence-corrected chi connectivity index (χ1v) is 10.5. The number of methoxy groups -OCH3 is 2. The third kappa shape index (κ3) is 4.51. The average molecular weight is 412 g/mol.